The van der Waals surface area contributed by atoms with Gasteiger partial charge in [0.25, 0.3) is 11.6 Å². The predicted octanol–water partition coefficient (Wildman–Crippen LogP) is 2.92. The van der Waals surface area contributed by atoms with Crippen molar-refractivity contribution >= 4 is 23.2 Å². The second-order valence-corrected chi connectivity index (χ2v) is 4.80. The lowest BCUT2D eigenvalue weighted by molar-refractivity contribution is -0.385. The Kier molecular flexibility index (Phi) is 4.49. The van der Waals surface area contributed by atoms with E-state index in [1.807, 2.05) is 0 Å². The molecule has 0 saturated heterocycles. The van der Waals surface area contributed by atoms with Gasteiger partial charge in [-0.2, -0.15) is 0 Å². The lowest BCUT2D eigenvalue weighted by atomic mass is 10.1. The van der Waals surface area contributed by atoms with E-state index in [1.165, 1.54) is 23.2 Å². The molecule has 0 saturated carbocycles. The second-order valence-electron chi connectivity index (χ2n) is 4.41. The summed E-state index contributed by atoms with van der Waals surface area (Å²) in [6, 6.07) is 9.33. The van der Waals surface area contributed by atoms with Crippen LogP contribution in [0.2, 0.25) is 5.15 Å². The summed E-state index contributed by atoms with van der Waals surface area (Å²) in [4.78, 5) is 28.0. The number of para-hydroxylation sites is 1. The van der Waals surface area contributed by atoms with Gasteiger partial charge in [-0.3, -0.25) is 14.9 Å². The molecule has 108 valence electrons. The number of aromatic nitrogens is 1. The number of nitrogens with zero attached hydrogens (tertiary/aromatic N) is 3. The molecule has 1 heterocycles. The molecule has 0 bridgehead atoms. The van der Waals surface area contributed by atoms with Crippen LogP contribution in [-0.4, -0.2) is 27.8 Å². The first-order chi connectivity index (χ1) is 9.99. The van der Waals surface area contributed by atoms with Crippen LogP contribution in [0.1, 0.15) is 15.9 Å². The summed E-state index contributed by atoms with van der Waals surface area (Å²) in [5.41, 5.74) is 0.847. The largest absolute Gasteiger partial charge is 0.337 e. The smallest absolute Gasteiger partial charge is 0.274 e. The molecule has 6 nitrogen and oxygen atoms in total. The van der Waals surface area contributed by atoms with Gasteiger partial charge < -0.3 is 4.90 Å². The molecule has 21 heavy (non-hydrogen) atoms. The maximum absolute atomic E-state index is 12.3. The van der Waals surface area contributed by atoms with Crippen molar-refractivity contribution < 1.29 is 9.72 Å². The highest BCUT2D eigenvalue weighted by molar-refractivity contribution is 6.29. The number of amides is 1. The van der Waals surface area contributed by atoms with Crippen LogP contribution in [-0.2, 0) is 6.54 Å². The van der Waals surface area contributed by atoms with Crippen LogP contribution in [0.4, 0.5) is 5.69 Å². The topological polar surface area (TPSA) is 76.3 Å². The summed E-state index contributed by atoms with van der Waals surface area (Å²) < 4.78 is 0. The van der Waals surface area contributed by atoms with Gasteiger partial charge in [0.15, 0.2) is 0 Å². The number of hydrogen-bond acceptors (Lipinski definition) is 4. The van der Waals surface area contributed by atoms with E-state index < -0.39 is 4.92 Å². The van der Waals surface area contributed by atoms with Gasteiger partial charge in [-0.15, -0.1) is 0 Å². The number of rotatable bonds is 4. The first-order valence-electron chi connectivity index (χ1n) is 6.08. The lowest BCUT2D eigenvalue weighted by Gasteiger charge is -2.17. The minimum Gasteiger partial charge on any atom is -0.337 e. The fourth-order valence-electron chi connectivity index (χ4n) is 1.91. The molecule has 0 aliphatic heterocycles. The molecule has 7 heteroatoms. The summed E-state index contributed by atoms with van der Waals surface area (Å²) in [5.74, 6) is -0.280. The van der Waals surface area contributed by atoms with Crippen molar-refractivity contribution in [2.45, 2.75) is 6.54 Å². The minimum atomic E-state index is -0.461. The molecule has 1 aromatic heterocycles. The maximum Gasteiger partial charge on any atom is 0.274 e. The third-order valence-corrected chi connectivity index (χ3v) is 3.12. The van der Waals surface area contributed by atoms with Crippen LogP contribution >= 0.6 is 11.6 Å². The minimum absolute atomic E-state index is 0.00934. The second kappa shape index (κ2) is 6.32. The van der Waals surface area contributed by atoms with Crippen molar-refractivity contribution in [1.82, 2.24) is 9.88 Å². The van der Waals surface area contributed by atoms with Gasteiger partial charge in [0.1, 0.15) is 5.15 Å². The van der Waals surface area contributed by atoms with E-state index >= 15 is 0 Å². The monoisotopic (exact) mass is 305 g/mol. The van der Waals surface area contributed by atoms with E-state index in [4.69, 9.17) is 11.6 Å². The van der Waals surface area contributed by atoms with E-state index in [0.717, 1.165) is 0 Å². The average molecular weight is 306 g/mol. The molecule has 0 aliphatic rings. The van der Waals surface area contributed by atoms with Crippen LogP contribution in [0.15, 0.2) is 42.6 Å². The molecule has 0 radical (unpaired) electrons. The van der Waals surface area contributed by atoms with E-state index in [9.17, 15) is 14.9 Å². The number of pyridine rings is 1. The first kappa shape index (κ1) is 14.9. The zero-order valence-electron chi connectivity index (χ0n) is 11.2. The Morgan fingerprint density at radius 3 is 2.76 bits per heavy atom. The molecule has 2 rings (SSSR count). The summed E-state index contributed by atoms with van der Waals surface area (Å²) >= 11 is 5.75. The highest BCUT2D eigenvalue weighted by Crippen LogP contribution is 2.20. The third-order valence-electron chi connectivity index (χ3n) is 2.92. The van der Waals surface area contributed by atoms with Gasteiger partial charge in [0, 0.05) is 30.4 Å². The van der Waals surface area contributed by atoms with Gasteiger partial charge in [0.05, 0.1) is 11.5 Å². The molecule has 0 unspecified atom stereocenters. The Morgan fingerprint density at radius 1 is 1.38 bits per heavy atom. The number of halogens is 1. The first-order valence-corrected chi connectivity index (χ1v) is 6.46. The standard InChI is InChI=1S/C14H12ClN3O3/c1-17(14(19)10-6-7-16-13(15)8-10)9-11-4-2-3-5-12(11)18(20)21/h2-8H,9H2,1H3. The molecule has 0 fully saturated rings. The lowest BCUT2D eigenvalue weighted by Crippen LogP contribution is -2.26. The normalized spacial score (nSPS) is 10.2. The highest BCUT2D eigenvalue weighted by atomic mass is 35.5. The molecular weight excluding hydrogens is 294 g/mol. The Balaban J connectivity index is 2.20. The highest BCUT2D eigenvalue weighted by Gasteiger charge is 2.18. The molecule has 0 atom stereocenters. The summed E-state index contributed by atoms with van der Waals surface area (Å²) in [5, 5.41) is 11.2. The van der Waals surface area contributed by atoms with Crippen LogP contribution < -0.4 is 0 Å². The van der Waals surface area contributed by atoms with Gasteiger partial charge in [-0.25, -0.2) is 4.98 Å². The van der Waals surface area contributed by atoms with Crippen LogP contribution in [0.3, 0.4) is 0 Å². The van der Waals surface area contributed by atoms with E-state index in [0.29, 0.717) is 11.1 Å². The molecule has 0 N–H and O–H groups in total. The van der Waals surface area contributed by atoms with Gasteiger partial charge in [-0.05, 0) is 12.1 Å². The number of benzene rings is 1. The average Bonchev–Trinajstić information content (AvgIpc) is 2.46. The van der Waals surface area contributed by atoms with E-state index in [-0.39, 0.29) is 23.3 Å². The molecule has 0 spiro atoms. The third kappa shape index (κ3) is 3.55. The number of carbonyl (C=O) groups excluding carboxylic acids is 1. The van der Waals surface area contributed by atoms with Crippen LogP contribution in [0.25, 0.3) is 0 Å². The molecular formula is C14H12ClN3O3. The number of nitro benzene ring substituents is 1. The number of hydrogen-bond donors (Lipinski definition) is 0. The Labute approximate surface area is 126 Å². The Morgan fingerprint density at radius 2 is 2.10 bits per heavy atom. The molecule has 2 aromatic rings. The zero-order chi connectivity index (χ0) is 15.4. The Hall–Kier alpha value is -2.47. The van der Waals surface area contributed by atoms with Crippen molar-refractivity contribution in [3.05, 3.63) is 69.0 Å². The SMILES string of the molecule is CN(Cc1ccccc1[N+](=O)[O-])C(=O)c1ccnc(Cl)c1. The van der Waals surface area contributed by atoms with Crippen molar-refractivity contribution in [2.24, 2.45) is 0 Å². The molecule has 1 aromatic carbocycles. The maximum atomic E-state index is 12.3. The fourth-order valence-corrected chi connectivity index (χ4v) is 2.08. The van der Waals surface area contributed by atoms with E-state index in [2.05, 4.69) is 4.98 Å². The summed E-state index contributed by atoms with van der Waals surface area (Å²) in [7, 11) is 1.58. The summed E-state index contributed by atoms with van der Waals surface area (Å²) in [6.07, 6.45) is 1.44. The number of carbonyl (C=O) groups is 1. The zero-order valence-corrected chi connectivity index (χ0v) is 11.9. The number of nitro groups is 1. The molecule has 0 aliphatic carbocycles. The fraction of sp³-hybridized carbons (Fsp3) is 0.143. The van der Waals surface area contributed by atoms with Crippen LogP contribution in [0, 0.1) is 10.1 Å². The van der Waals surface area contributed by atoms with Crippen molar-refractivity contribution in [2.75, 3.05) is 7.05 Å². The van der Waals surface area contributed by atoms with Gasteiger partial charge in [0.2, 0.25) is 0 Å². The van der Waals surface area contributed by atoms with Gasteiger partial charge in [-0.1, -0.05) is 29.8 Å². The van der Waals surface area contributed by atoms with Crippen molar-refractivity contribution in [3.8, 4) is 0 Å². The van der Waals surface area contributed by atoms with Crippen LogP contribution in [0.5, 0.6) is 0 Å². The van der Waals surface area contributed by atoms with Crippen molar-refractivity contribution in [3.63, 3.8) is 0 Å². The van der Waals surface area contributed by atoms with E-state index in [1.54, 1.807) is 31.3 Å². The van der Waals surface area contributed by atoms with Crippen molar-refractivity contribution in [1.29, 1.82) is 0 Å². The quantitative estimate of drug-likeness (QED) is 0.494. The summed E-state index contributed by atoms with van der Waals surface area (Å²) in [6.45, 7) is 0.135. The predicted molar refractivity (Wildman–Crippen MR) is 78.1 cm³/mol. The molecule has 1 amide bonds. The van der Waals surface area contributed by atoms with Gasteiger partial charge >= 0.3 is 0 Å². The Bertz CT molecular complexity index is 691.